The molecule has 6 aromatic heterocycles. The quantitative estimate of drug-likeness (QED) is 0.0217. The largest absolute Gasteiger partial charge is 0.481 e. The molecule has 9 fully saturated rings. The number of hydrogen-bond donors (Lipinski definition) is 11. The average Bonchev–Trinajstić information content (AvgIpc) is 1.61. The zero-order valence-electron chi connectivity index (χ0n) is 70.1. The molecule has 0 spiro atoms. The van der Waals surface area contributed by atoms with Gasteiger partial charge in [-0.25, -0.2) is 59.2 Å². The van der Waals surface area contributed by atoms with E-state index in [0.717, 1.165) is 113 Å². The number of amides is 6. The Morgan fingerprint density at radius 2 is 0.792 bits per heavy atom. The number of carboxylic acid groups (broad SMARTS) is 3. The van der Waals surface area contributed by atoms with Crippen LogP contribution in [0.1, 0.15) is 158 Å². The number of ether oxygens (including phenoxy) is 7. The summed E-state index contributed by atoms with van der Waals surface area (Å²) in [5, 5.41) is 52.5. The molecule has 662 valence electrons. The van der Waals surface area contributed by atoms with Crippen LogP contribution < -0.4 is 42.5 Å². The van der Waals surface area contributed by atoms with Crippen LogP contribution in [0.25, 0.3) is 45.6 Å². The number of nitrogens with zero attached hydrogens (tertiary/aromatic N) is 12. The minimum atomic E-state index is -0.720. The van der Waals surface area contributed by atoms with Crippen LogP contribution in [-0.4, -0.2) is 211 Å². The second-order valence-electron chi connectivity index (χ2n) is 33.4. The first-order valence-electron chi connectivity index (χ1n) is 43.9. The van der Waals surface area contributed by atoms with E-state index in [-0.39, 0.29) is 114 Å². The Hall–Kier alpha value is -11.3. The molecule has 5 aliphatic carbocycles. The summed E-state index contributed by atoms with van der Waals surface area (Å²) in [6.07, 6.45) is 26.4. The number of hydrogen-bond acceptors (Lipinski definition) is 24. The van der Waals surface area contributed by atoms with Gasteiger partial charge in [0.15, 0.2) is 76.0 Å². The highest BCUT2D eigenvalue weighted by Gasteiger charge is 2.56. The Kier molecular flexibility index (Phi) is 28.4. The Balaban J connectivity index is 0.000000138. The van der Waals surface area contributed by atoms with Gasteiger partial charge in [0, 0.05) is 44.2 Å². The lowest BCUT2D eigenvalue weighted by Crippen LogP contribution is -2.41. The van der Waals surface area contributed by atoms with Crippen LogP contribution in [-0.2, 0) is 47.5 Å². The molecule has 3 aromatic carbocycles. The van der Waals surface area contributed by atoms with Gasteiger partial charge in [0.25, 0.3) is 0 Å². The van der Waals surface area contributed by atoms with Crippen molar-refractivity contribution in [2.24, 2.45) is 47.3 Å². The fourth-order valence-corrected chi connectivity index (χ4v) is 19.7. The van der Waals surface area contributed by atoms with Crippen molar-refractivity contribution in [3.8, 4) is 0 Å². The predicted octanol–water partition coefficient (Wildman–Crippen LogP) is 11.3. The molecule has 18 rings (SSSR count). The van der Waals surface area contributed by atoms with Gasteiger partial charge in [0.2, 0.25) is 0 Å². The Labute approximate surface area is 722 Å². The Bertz CT molecular complexity index is 5240. The van der Waals surface area contributed by atoms with Gasteiger partial charge >= 0.3 is 36.0 Å². The van der Waals surface area contributed by atoms with Crippen molar-refractivity contribution in [1.82, 2.24) is 85.1 Å². The lowest BCUT2D eigenvalue weighted by Gasteiger charge is -2.29. The molecular formula is C89H110N20O16. The van der Waals surface area contributed by atoms with Crippen molar-refractivity contribution in [3.05, 3.63) is 158 Å². The number of nitrogens with one attached hydrogen (secondary N) is 8. The normalized spacial score (nSPS) is 29.1. The van der Waals surface area contributed by atoms with Crippen LogP contribution in [0.15, 0.2) is 141 Å². The fourth-order valence-electron chi connectivity index (χ4n) is 19.7. The summed E-state index contributed by atoms with van der Waals surface area (Å²) in [4.78, 5) is 112. The second kappa shape index (κ2) is 40.7. The van der Waals surface area contributed by atoms with E-state index in [4.69, 9.17) is 33.2 Å². The van der Waals surface area contributed by atoms with Gasteiger partial charge in [0.05, 0.1) is 61.0 Å². The molecule has 0 bridgehead atoms. The summed E-state index contributed by atoms with van der Waals surface area (Å²) in [6, 6.07) is 28.5. The number of anilines is 3. The molecule has 18 unspecified atom stereocenters. The Morgan fingerprint density at radius 1 is 0.400 bits per heavy atom. The van der Waals surface area contributed by atoms with Crippen LogP contribution >= 0.6 is 0 Å². The third-order valence-electron chi connectivity index (χ3n) is 25.7. The van der Waals surface area contributed by atoms with Crippen molar-refractivity contribution >= 4 is 99.1 Å². The number of carbonyl (C=O) groups excluding carboxylic acids is 3. The van der Waals surface area contributed by atoms with Crippen LogP contribution in [0.5, 0.6) is 0 Å². The van der Waals surface area contributed by atoms with Gasteiger partial charge in [-0.3, -0.25) is 34.9 Å². The zero-order valence-corrected chi connectivity index (χ0v) is 70.1. The van der Waals surface area contributed by atoms with E-state index in [1.54, 1.807) is 23.5 Å². The molecule has 6 amide bonds. The topological polar surface area (TPSA) is 455 Å². The van der Waals surface area contributed by atoms with Gasteiger partial charge in [-0.2, -0.15) is 0 Å². The summed E-state index contributed by atoms with van der Waals surface area (Å²) in [6.45, 7) is 9.39. The van der Waals surface area contributed by atoms with Crippen LogP contribution in [0, 0.1) is 47.3 Å². The first-order chi connectivity index (χ1) is 61.1. The summed E-state index contributed by atoms with van der Waals surface area (Å²) < 4.78 is 51.2. The number of imidazole rings is 3. The smallest absolute Gasteiger partial charge is 0.320 e. The standard InChI is InChI=1S/C31H39N7O5.C30H36N6O5.C28H35N7O6/c1-2-33-31(41)37-28-25-29(35-17-34-28)38(18-36-25)23-14-21(16-32-15-20-10-6-7-11-22(20)30(39)40)26-27(23)43-24(42-26)13-12-19-8-4-3-5-9-19;1-2-31-30(39)35-27-24-28(33-16-32-27)36(17-34-24)22-15-20(13-12-19-9-6-10-21(19)29(37)38)25-26(22)41-23(40-25)14-11-18-7-4-3-5-8-18;1-2-30-28(38)34-23-20-24(32-14-31-23)35(15-33-20)25-22-21(40-27(41-22)16-8-4-3-5-9-16)19(39-25)13-29-12-17-10-6-7-11-18(17)26(36)37/h3-5,8-9,12-13,17-18,20-24,26-27,32H,2,6-7,10-11,14-16H2,1H3,(H,39,40)(H2,33,34,35,37,41);3-5,7-8,11,14,16-17,19-23,25-26H,2,6,9-10,12-13,15H2,1H3,(H,37,38)(H2,31,32,33,35,39);3-5,8-9,14-15,17-19,21-22,25,27,29H,2,6-7,10-13H2,1H3,(H,36,37)(H2,30,31,32,34,38)/b13-12+;14-11+;/t20?,21?,22?,23?,24-,26?,27?;19?,20?,21?,22?,23-,25?,26?;17?,18?,19?,21?,22?,25?,27-/m000/s1. The first kappa shape index (κ1) is 87.1. The van der Waals surface area contributed by atoms with E-state index in [1.807, 2.05) is 145 Å². The van der Waals surface area contributed by atoms with Crippen molar-refractivity contribution < 1.29 is 77.2 Å². The molecule has 11 N–H and O–H groups in total. The summed E-state index contributed by atoms with van der Waals surface area (Å²) >= 11 is 0. The molecule has 10 heterocycles. The first-order valence-corrected chi connectivity index (χ1v) is 43.9. The number of carboxylic acids is 3. The fraction of sp³-hybridized carbons (Fsp3) is 0.517. The van der Waals surface area contributed by atoms with E-state index in [9.17, 15) is 44.1 Å². The number of carbonyl (C=O) groups is 6. The number of rotatable bonds is 28. The molecule has 36 heteroatoms. The van der Waals surface area contributed by atoms with Crippen LogP contribution in [0.2, 0.25) is 0 Å². The maximum atomic E-state index is 12.2. The second-order valence-corrected chi connectivity index (χ2v) is 33.4. The number of urea groups is 3. The zero-order chi connectivity index (χ0) is 86.5. The number of benzene rings is 3. The van der Waals surface area contributed by atoms with Crippen molar-refractivity contribution in [1.29, 1.82) is 0 Å². The predicted molar refractivity (Wildman–Crippen MR) is 459 cm³/mol. The van der Waals surface area contributed by atoms with Gasteiger partial charge < -0.3 is 84.2 Å². The number of aliphatic carboxylic acids is 3. The maximum absolute atomic E-state index is 12.2. The molecule has 4 aliphatic heterocycles. The lowest BCUT2D eigenvalue weighted by molar-refractivity contribution is -0.147. The van der Waals surface area contributed by atoms with E-state index in [2.05, 4.69) is 87.4 Å². The minimum Gasteiger partial charge on any atom is -0.481 e. The molecule has 9 aromatic rings. The monoisotopic (exact) mass is 1710 g/mol. The highest BCUT2D eigenvalue weighted by Crippen LogP contribution is 2.51. The van der Waals surface area contributed by atoms with Gasteiger partial charge in [-0.1, -0.05) is 135 Å². The SMILES string of the molecule is CCNC(=O)Nc1ncnc2c1ncn2C1CC(CCC2CCCC2C(=O)O)C2O[C@H](/C=C/c3ccccc3)OC21.CCNC(=O)Nc1ncnc2c1ncn2C1CC(CNCC2CCCCC2C(=O)O)C2O[C@H](/C=C/c3ccccc3)OC21.CCNC(=O)Nc1ncnc2c1ncn2C1OC(CNCC2CCCCC2C(=O)O)C2O[C@H](c3ccccc3)OC21. The van der Waals surface area contributed by atoms with Gasteiger partial charge in [-0.05, 0) is 145 Å². The van der Waals surface area contributed by atoms with E-state index in [1.165, 1.54) is 19.0 Å². The van der Waals surface area contributed by atoms with Crippen LogP contribution in [0.3, 0.4) is 0 Å². The molecule has 9 aliphatic rings. The minimum absolute atomic E-state index is 0.0807. The molecule has 125 heavy (non-hydrogen) atoms. The Morgan fingerprint density at radius 3 is 1.28 bits per heavy atom. The summed E-state index contributed by atoms with van der Waals surface area (Å²) in [7, 11) is 0. The molecule has 4 saturated heterocycles. The molecule has 5 saturated carbocycles. The van der Waals surface area contributed by atoms with E-state index in [0.29, 0.717) is 96.8 Å². The number of fused-ring (bicyclic) bond motifs is 6. The average molecular weight is 1720 g/mol. The molecular weight excluding hydrogens is 1610 g/mol. The van der Waals surface area contributed by atoms with Crippen LogP contribution in [0.4, 0.5) is 31.8 Å². The van der Waals surface area contributed by atoms with E-state index < -0.39 is 49.1 Å². The highest BCUT2D eigenvalue weighted by atomic mass is 16.8. The molecule has 21 atom stereocenters. The maximum Gasteiger partial charge on any atom is 0.320 e. The summed E-state index contributed by atoms with van der Waals surface area (Å²) in [5.74, 6) is -1.24. The molecule has 0 radical (unpaired) electrons. The van der Waals surface area contributed by atoms with Gasteiger partial charge in [-0.15, -0.1) is 0 Å². The van der Waals surface area contributed by atoms with Crippen molar-refractivity contribution in [2.75, 3.05) is 61.8 Å². The van der Waals surface area contributed by atoms with Crippen molar-refractivity contribution in [2.45, 2.75) is 197 Å². The van der Waals surface area contributed by atoms with Crippen molar-refractivity contribution in [3.63, 3.8) is 0 Å². The van der Waals surface area contributed by atoms with Gasteiger partial charge in [0.1, 0.15) is 49.5 Å². The summed E-state index contributed by atoms with van der Waals surface area (Å²) in [5.41, 5.74) is 6.18. The third kappa shape index (κ3) is 20.1. The van der Waals surface area contributed by atoms with E-state index >= 15 is 0 Å². The number of aromatic nitrogens is 12. The lowest BCUT2D eigenvalue weighted by atomic mass is 9.79. The molecule has 36 nitrogen and oxygen atoms in total. The highest BCUT2D eigenvalue weighted by molar-refractivity contribution is 5.97. The third-order valence-corrected chi connectivity index (χ3v) is 25.7.